The lowest BCUT2D eigenvalue weighted by molar-refractivity contribution is -0.137. The molecule has 0 aliphatic heterocycles. The Balaban J connectivity index is 1.94. The molecule has 2 aromatic rings. The van der Waals surface area contributed by atoms with Crippen molar-refractivity contribution in [1.29, 1.82) is 5.26 Å². The first-order valence-corrected chi connectivity index (χ1v) is 9.54. The van der Waals surface area contributed by atoms with Crippen LogP contribution < -0.4 is 5.32 Å². The number of nitrogens with one attached hydrogen (secondary N) is 1. The van der Waals surface area contributed by atoms with E-state index in [-0.39, 0.29) is 11.7 Å². The Kier molecular flexibility index (Phi) is 7.72. The lowest BCUT2D eigenvalue weighted by Gasteiger charge is -2.08. The Morgan fingerprint density at radius 3 is 2.61 bits per heavy atom. The standard InChI is InChI=1S/C20H20N4O3S/c1-4-27-19(26)10-7-15-5-8-16(9-6-15)24-18(25)12-28-20-17(11-21)13(2)22-14(3)23-20/h5-10H,4,12H2,1-3H3,(H,24,25)/b10-7+. The Morgan fingerprint density at radius 1 is 1.25 bits per heavy atom. The van der Waals surface area contributed by atoms with Crippen molar-refractivity contribution in [3.8, 4) is 6.07 Å². The number of carbonyl (C=O) groups excluding carboxylic acids is 2. The van der Waals surface area contributed by atoms with Crippen LogP contribution in [0.3, 0.4) is 0 Å². The Morgan fingerprint density at radius 2 is 1.96 bits per heavy atom. The molecule has 0 saturated heterocycles. The number of benzene rings is 1. The molecule has 1 heterocycles. The molecule has 0 unspecified atom stereocenters. The molecule has 7 nitrogen and oxygen atoms in total. The minimum atomic E-state index is -0.399. The summed E-state index contributed by atoms with van der Waals surface area (Å²) in [6, 6.07) is 9.13. The van der Waals surface area contributed by atoms with Gasteiger partial charge in [-0.15, -0.1) is 0 Å². The van der Waals surface area contributed by atoms with Gasteiger partial charge < -0.3 is 10.1 Å². The quantitative estimate of drug-likeness (QED) is 0.331. The molecular weight excluding hydrogens is 376 g/mol. The van der Waals surface area contributed by atoms with Gasteiger partial charge in [-0.2, -0.15) is 5.26 Å². The zero-order chi connectivity index (χ0) is 20.5. The van der Waals surface area contributed by atoms with Gasteiger partial charge in [0, 0.05) is 11.8 Å². The van der Waals surface area contributed by atoms with Crippen molar-refractivity contribution in [3.63, 3.8) is 0 Å². The molecule has 28 heavy (non-hydrogen) atoms. The number of carbonyl (C=O) groups is 2. The monoisotopic (exact) mass is 396 g/mol. The third-order valence-electron chi connectivity index (χ3n) is 3.51. The van der Waals surface area contributed by atoms with E-state index in [0.29, 0.717) is 34.4 Å². The number of hydrogen-bond acceptors (Lipinski definition) is 7. The zero-order valence-corrected chi connectivity index (χ0v) is 16.7. The average molecular weight is 396 g/mol. The van der Waals surface area contributed by atoms with Crippen LogP contribution in [0.2, 0.25) is 0 Å². The largest absolute Gasteiger partial charge is 0.463 e. The van der Waals surface area contributed by atoms with Gasteiger partial charge in [-0.05, 0) is 44.5 Å². The van der Waals surface area contributed by atoms with E-state index in [0.717, 1.165) is 5.56 Å². The van der Waals surface area contributed by atoms with E-state index < -0.39 is 5.97 Å². The van der Waals surface area contributed by atoms with Gasteiger partial charge in [0.1, 0.15) is 22.5 Å². The summed E-state index contributed by atoms with van der Waals surface area (Å²) in [4.78, 5) is 31.9. The number of aryl methyl sites for hydroxylation is 2. The van der Waals surface area contributed by atoms with Crippen molar-refractivity contribution in [3.05, 3.63) is 53.0 Å². The topological polar surface area (TPSA) is 105 Å². The smallest absolute Gasteiger partial charge is 0.330 e. The minimum absolute atomic E-state index is 0.120. The molecule has 1 aromatic heterocycles. The van der Waals surface area contributed by atoms with Crippen LogP contribution >= 0.6 is 11.8 Å². The minimum Gasteiger partial charge on any atom is -0.463 e. The van der Waals surface area contributed by atoms with Crippen LogP contribution in [0.5, 0.6) is 0 Å². The summed E-state index contributed by atoms with van der Waals surface area (Å²) in [6.07, 6.45) is 2.99. The Hall–Kier alpha value is -3.18. The SMILES string of the molecule is CCOC(=O)/C=C/c1ccc(NC(=O)CSc2nc(C)nc(C)c2C#N)cc1. The summed E-state index contributed by atoms with van der Waals surface area (Å²) in [7, 11) is 0. The van der Waals surface area contributed by atoms with Crippen molar-refractivity contribution >= 4 is 35.4 Å². The van der Waals surface area contributed by atoms with Crippen molar-refractivity contribution < 1.29 is 14.3 Å². The lowest BCUT2D eigenvalue weighted by Crippen LogP contribution is -2.14. The molecule has 0 aliphatic rings. The molecule has 0 fully saturated rings. The maximum Gasteiger partial charge on any atom is 0.330 e. The van der Waals surface area contributed by atoms with Gasteiger partial charge in [0.25, 0.3) is 0 Å². The van der Waals surface area contributed by atoms with E-state index in [2.05, 4.69) is 21.4 Å². The number of amides is 1. The number of anilines is 1. The molecule has 1 aromatic carbocycles. The highest BCUT2D eigenvalue weighted by Crippen LogP contribution is 2.22. The first-order chi connectivity index (χ1) is 13.4. The number of ether oxygens (including phenoxy) is 1. The first kappa shape index (κ1) is 21.1. The van der Waals surface area contributed by atoms with Crippen LogP contribution in [-0.4, -0.2) is 34.2 Å². The van der Waals surface area contributed by atoms with Gasteiger partial charge in [-0.3, -0.25) is 4.79 Å². The van der Waals surface area contributed by atoms with Gasteiger partial charge in [0.05, 0.1) is 18.1 Å². The molecule has 0 radical (unpaired) electrons. The lowest BCUT2D eigenvalue weighted by atomic mass is 10.2. The normalized spacial score (nSPS) is 10.5. The third kappa shape index (κ3) is 6.21. The number of rotatable bonds is 7. The van der Waals surface area contributed by atoms with Gasteiger partial charge >= 0.3 is 5.97 Å². The summed E-state index contributed by atoms with van der Waals surface area (Å²) >= 11 is 1.20. The van der Waals surface area contributed by atoms with Gasteiger partial charge in [-0.25, -0.2) is 14.8 Å². The maximum atomic E-state index is 12.2. The molecule has 0 spiro atoms. The molecule has 2 rings (SSSR count). The average Bonchev–Trinajstić information content (AvgIpc) is 2.66. The summed E-state index contributed by atoms with van der Waals surface area (Å²) in [5, 5.41) is 12.5. The number of nitrogens with zero attached hydrogens (tertiary/aromatic N) is 3. The van der Waals surface area contributed by atoms with E-state index in [1.54, 1.807) is 51.1 Å². The Bertz CT molecular complexity index is 934. The van der Waals surface area contributed by atoms with Crippen molar-refractivity contribution in [2.75, 3.05) is 17.7 Å². The molecule has 0 saturated carbocycles. The predicted octanol–water partition coefficient (Wildman–Crippen LogP) is 3.27. The van der Waals surface area contributed by atoms with E-state index in [1.807, 2.05) is 0 Å². The highest BCUT2D eigenvalue weighted by atomic mass is 32.2. The molecular formula is C20H20N4O3S. The van der Waals surface area contributed by atoms with E-state index in [4.69, 9.17) is 4.74 Å². The second kappa shape index (κ2) is 10.2. The summed E-state index contributed by atoms with van der Waals surface area (Å²) < 4.78 is 4.82. The van der Waals surface area contributed by atoms with Crippen LogP contribution in [0, 0.1) is 25.2 Å². The second-order valence-electron chi connectivity index (χ2n) is 5.69. The zero-order valence-electron chi connectivity index (χ0n) is 15.9. The number of esters is 1. The summed E-state index contributed by atoms with van der Waals surface area (Å²) in [5.74, 6) is 0.0714. The van der Waals surface area contributed by atoms with Gasteiger partial charge in [0.2, 0.25) is 5.91 Å². The van der Waals surface area contributed by atoms with Gasteiger partial charge in [-0.1, -0.05) is 23.9 Å². The maximum absolute atomic E-state index is 12.2. The fourth-order valence-corrected chi connectivity index (χ4v) is 3.15. The molecule has 144 valence electrons. The number of thioether (sulfide) groups is 1. The molecule has 8 heteroatoms. The molecule has 1 amide bonds. The molecule has 0 aliphatic carbocycles. The fraction of sp³-hybridized carbons (Fsp3) is 0.250. The highest BCUT2D eigenvalue weighted by Gasteiger charge is 2.12. The highest BCUT2D eigenvalue weighted by molar-refractivity contribution is 8.00. The van der Waals surface area contributed by atoms with Crippen LogP contribution in [-0.2, 0) is 14.3 Å². The van der Waals surface area contributed by atoms with Crippen molar-refractivity contribution in [2.24, 2.45) is 0 Å². The van der Waals surface area contributed by atoms with E-state index in [1.165, 1.54) is 17.8 Å². The van der Waals surface area contributed by atoms with Crippen LogP contribution in [0.25, 0.3) is 6.08 Å². The van der Waals surface area contributed by atoms with Crippen LogP contribution in [0.15, 0.2) is 35.4 Å². The third-order valence-corrected chi connectivity index (χ3v) is 4.49. The molecule has 0 atom stereocenters. The van der Waals surface area contributed by atoms with Crippen LogP contribution in [0.1, 0.15) is 29.6 Å². The fourth-order valence-electron chi connectivity index (χ4n) is 2.28. The van der Waals surface area contributed by atoms with Crippen molar-refractivity contribution in [2.45, 2.75) is 25.8 Å². The number of aromatic nitrogens is 2. The van der Waals surface area contributed by atoms with E-state index >= 15 is 0 Å². The number of hydrogen-bond donors (Lipinski definition) is 1. The first-order valence-electron chi connectivity index (χ1n) is 8.55. The van der Waals surface area contributed by atoms with Crippen molar-refractivity contribution in [1.82, 2.24) is 9.97 Å². The van der Waals surface area contributed by atoms with Crippen LogP contribution in [0.4, 0.5) is 5.69 Å². The number of nitriles is 1. The van der Waals surface area contributed by atoms with E-state index in [9.17, 15) is 14.9 Å². The summed E-state index contributed by atoms with van der Waals surface area (Å²) in [5.41, 5.74) is 2.44. The Labute approximate surface area is 167 Å². The molecule has 1 N–H and O–H groups in total. The van der Waals surface area contributed by atoms with Gasteiger partial charge in [0.15, 0.2) is 0 Å². The second-order valence-corrected chi connectivity index (χ2v) is 6.66. The predicted molar refractivity (Wildman–Crippen MR) is 108 cm³/mol. The molecule has 0 bridgehead atoms. The summed E-state index contributed by atoms with van der Waals surface area (Å²) in [6.45, 7) is 5.57.